The topological polar surface area (TPSA) is 36.5 Å². The van der Waals surface area contributed by atoms with Crippen molar-refractivity contribution in [2.45, 2.75) is 90.7 Å². The van der Waals surface area contributed by atoms with Crippen LogP contribution in [0.3, 0.4) is 0 Å². The van der Waals surface area contributed by atoms with Crippen LogP contribution in [0.2, 0.25) is 0 Å². The van der Waals surface area contributed by atoms with Gasteiger partial charge in [-0.1, -0.05) is 25.8 Å². The molecule has 0 amide bonds. The van der Waals surface area contributed by atoms with Gasteiger partial charge in [0.15, 0.2) is 0 Å². The van der Waals surface area contributed by atoms with Crippen molar-refractivity contribution in [1.82, 2.24) is 4.72 Å². The van der Waals surface area contributed by atoms with Crippen LogP contribution in [0, 0.1) is 19.8 Å². The Bertz CT molecular complexity index is 648. The number of hydrogen-bond donors (Lipinski definition) is 2. The molecule has 4 nitrogen and oxygen atoms in total. The molecule has 164 valence electrons. The molecule has 0 spiro atoms. The lowest BCUT2D eigenvalue weighted by Crippen LogP contribution is -2.45. The molecule has 0 unspecified atom stereocenters. The van der Waals surface area contributed by atoms with Crippen LogP contribution in [0.15, 0.2) is 12.1 Å². The fourth-order valence-electron chi connectivity index (χ4n) is 4.69. The first-order valence-corrected chi connectivity index (χ1v) is 12.4. The molecule has 0 radical (unpaired) electrons. The quantitative estimate of drug-likeness (QED) is 0.568. The van der Waals surface area contributed by atoms with Gasteiger partial charge in [-0.15, -0.1) is 0 Å². The normalized spacial score (nSPS) is 28.0. The van der Waals surface area contributed by atoms with Gasteiger partial charge in [0, 0.05) is 42.3 Å². The van der Waals surface area contributed by atoms with E-state index in [1.165, 1.54) is 48.2 Å². The number of rotatable bonds is 7. The lowest BCUT2D eigenvalue weighted by molar-refractivity contribution is -0.00524. The van der Waals surface area contributed by atoms with Gasteiger partial charge in [-0.25, -0.2) is 0 Å². The molecule has 5 heteroatoms. The Hall–Kier alpha value is -0.910. The summed E-state index contributed by atoms with van der Waals surface area (Å²) < 4.78 is 9.57. The maximum atomic E-state index is 5.91. The predicted octanol–water partition coefficient (Wildman–Crippen LogP) is 5.53. The zero-order valence-corrected chi connectivity index (χ0v) is 20.1. The summed E-state index contributed by atoms with van der Waals surface area (Å²) in [6.45, 7) is 16.4. The summed E-state index contributed by atoms with van der Waals surface area (Å²) in [4.78, 5) is 2.49. The Morgan fingerprint density at radius 1 is 1.03 bits per heavy atom. The van der Waals surface area contributed by atoms with E-state index < -0.39 is 0 Å². The first-order valence-electron chi connectivity index (χ1n) is 11.5. The Kier molecular flexibility index (Phi) is 8.17. The Balaban J connectivity index is 1.53. The molecule has 1 heterocycles. The van der Waals surface area contributed by atoms with Crippen molar-refractivity contribution >= 4 is 23.3 Å². The van der Waals surface area contributed by atoms with Crippen LogP contribution in [0.4, 0.5) is 11.4 Å². The smallest absolute Gasteiger partial charge is 0.0726 e. The van der Waals surface area contributed by atoms with E-state index in [1.807, 2.05) is 11.9 Å². The van der Waals surface area contributed by atoms with E-state index in [1.54, 1.807) is 0 Å². The van der Waals surface area contributed by atoms with Gasteiger partial charge in [0.25, 0.3) is 0 Å². The molecule has 1 saturated carbocycles. The van der Waals surface area contributed by atoms with E-state index >= 15 is 0 Å². The zero-order valence-electron chi connectivity index (χ0n) is 19.3. The van der Waals surface area contributed by atoms with Gasteiger partial charge in [0.2, 0.25) is 0 Å². The standard InChI is InChI=1S/C24H41N3OS/c1-16(2)29-26-22-9-7-21(8-10-22)13-25-23-11-12-24(20(6)19(23)5)27-14-17(3)28-18(4)15-27/h11-12,16-18,21-22,25-26H,7-10,13-15H2,1-6H3/t17-,18+,21-,22-. The summed E-state index contributed by atoms with van der Waals surface area (Å²) in [5, 5.41) is 4.43. The van der Waals surface area contributed by atoms with Crippen LogP contribution < -0.4 is 14.9 Å². The molecule has 1 aromatic carbocycles. The van der Waals surface area contributed by atoms with Gasteiger partial charge in [-0.05, 0) is 82.6 Å². The van der Waals surface area contributed by atoms with E-state index in [0.29, 0.717) is 23.5 Å². The Morgan fingerprint density at radius 2 is 1.69 bits per heavy atom. The van der Waals surface area contributed by atoms with Crippen LogP contribution in [-0.4, -0.2) is 43.1 Å². The summed E-state index contributed by atoms with van der Waals surface area (Å²) in [6.07, 6.45) is 5.83. The third-order valence-electron chi connectivity index (χ3n) is 6.42. The van der Waals surface area contributed by atoms with Crippen molar-refractivity contribution in [2.24, 2.45) is 5.92 Å². The second-order valence-corrected chi connectivity index (χ2v) is 10.8. The molecule has 1 aromatic rings. The van der Waals surface area contributed by atoms with Crippen LogP contribution in [-0.2, 0) is 4.74 Å². The molecular formula is C24H41N3OS. The summed E-state index contributed by atoms with van der Waals surface area (Å²) in [7, 11) is 0. The lowest BCUT2D eigenvalue weighted by Gasteiger charge is -2.38. The second kappa shape index (κ2) is 10.4. The van der Waals surface area contributed by atoms with Crippen molar-refractivity contribution in [3.8, 4) is 0 Å². The largest absolute Gasteiger partial charge is 0.385 e. The molecule has 1 aliphatic heterocycles. The first kappa shape index (κ1) is 22.8. The summed E-state index contributed by atoms with van der Waals surface area (Å²) in [5.41, 5.74) is 5.45. The maximum absolute atomic E-state index is 5.91. The van der Waals surface area contributed by atoms with Gasteiger partial charge in [-0.2, -0.15) is 0 Å². The highest BCUT2D eigenvalue weighted by Gasteiger charge is 2.25. The van der Waals surface area contributed by atoms with Gasteiger partial charge in [-0.3, -0.25) is 4.72 Å². The molecule has 2 atom stereocenters. The average Bonchev–Trinajstić information content (AvgIpc) is 2.67. The molecule has 1 aliphatic carbocycles. The Morgan fingerprint density at radius 3 is 2.31 bits per heavy atom. The highest BCUT2D eigenvalue weighted by molar-refractivity contribution is 7.98. The number of morpholine rings is 1. The fraction of sp³-hybridized carbons (Fsp3) is 0.750. The number of benzene rings is 1. The third-order valence-corrected chi connectivity index (χ3v) is 7.36. The zero-order chi connectivity index (χ0) is 21.0. The molecule has 29 heavy (non-hydrogen) atoms. The third kappa shape index (κ3) is 6.28. The number of nitrogens with zero attached hydrogens (tertiary/aromatic N) is 1. The number of anilines is 2. The molecule has 2 aliphatic rings. The predicted molar refractivity (Wildman–Crippen MR) is 128 cm³/mol. The lowest BCUT2D eigenvalue weighted by atomic mass is 9.86. The monoisotopic (exact) mass is 419 g/mol. The van der Waals surface area contributed by atoms with Crippen molar-refractivity contribution < 1.29 is 4.74 Å². The molecule has 2 fully saturated rings. The molecule has 1 saturated heterocycles. The minimum atomic E-state index is 0.291. The first-order chi connectivity index (χ1) is 13.8. The van der Waals surface area contributed by atoms with E-state index in [-0.39, 0.29) is 0 Å². The Labute approximate surface area is 182 Å². The van der Waals surface area contributed by atoms with Gasteiger partial charge >= 0.3 is 0 Å². The molecule has 0 aromatic heterocycles. The number of ether oxygens (including phenoxy) is 1. The van der Waals surface area contributed by atoms with Crippen molar-refractivity contribution in [1.29, 1.82) is 0 Å². The van der Waals surface area contributed by atoms with Gasteiger partial charge in [0.1, 0.15) is 0 Å². The van der Waals surface area contributed by atoms with Crippen LogP contribution >= 0.6 is 11.9 Å². The number of hydrogen-bond acceptors (Lipinski definition) is 5. The van der Waals surface area contributed by atoms with E-state index in [0.717, 1.165) is 25.6 Å². The molecule has 2 N–H and O–H groups in total. The van der Waals surface area contributed by atoms with Crippen LogP contribution in [0.5, 0.6) is 0 Å². The van der Waals surface area contributed by atoms with Crippen molar-refractivity contribution in [3.63, 3.8) is 0 Å². The minimum Gasteiger partial charge on any atom is -0.385 e. The van der Waals surface area contributed by atoms with E-state index in [4.69, 9.17) is 4.74 Å². The van der Waals surface area contributed by atoms with Crippen molar-refractivity contribution in [3.05, 3.63) is 23.3 Å². The summed E-state index contributed by atoms with van der Waals surface area (Å²) in [5.74, 6) is 0.789. The van der Waals surface area contributed by atoms with Crippen LogP contribution in [0.1, 0.15) is 64.5 Å². The van der Waals surface area contributed by atoms with Crippen molar-refractivity contribution in [2.75, 3.05) is 29.9 Å². The average molecular weight is 420 g/mol. The van der Waals surface area contributed by atoms with Gasteiger partial charge in [0.05, 0.1) is 12.2 Å². The molecule has 0 bridgehead atoms. The second-order valence-electron chi connectivity index (χ2n) is 9.43. The summed E-state index contributed by atoms with van der Waals surface area (Å²) in [6, 6.07) is 5.29. The van der Waals surface area contributed by atoms with E-state index in [9.17, 15) is 0 Å². The summed E-state index contributed by atoms with van der Waals surface area (Å²) >= 11 is 1.89. The van der Waals surface area contributed by atoms with Gasteiger partial charge < -0.3 is 15.0 Å². The number of nitrogens with one attached hydrogen (secondary N) is 2. The highest BCUT2D eigenvalue weighted by Crippen LogP contribution is 2.32. The van der Waals surface area contributed by atoms with Crippen LogP contribution in [0.25, 0.3) is 0 Å². The SMILES string of the molecule is Cc1c(NC[C@H]2CC[C@H](NSC(C)C)CC2)ccc(N2C[C@@H](C)O[C@@H](C)C2)c1C. The van der Waals surface area contributed by atoms with E-state index in [2.05, 4.69) is 68.6 Å². The molecular weight excluding hydrogens is 378 g/mol. The molecule has 3 rings (SSSR count). The highest BCUT2D eigenvalue weighted by atomic mass is 32.2. The fourth-order valence-corrected chi connectivity index (χ4v) is 5.39. The minimum absolute atomic E-state index is 0.291. The maximum Gasteiger partial charge on any atom is 0.0726 e.